The molecule has 0 saturated heterocycles. The van der Waals surface area contributed by atoms with Gasteiger partial charge in [-0.25, -0.2) is 9.18 Å². The molecule has 0 bridgehead atoms. The van der Waals surface area contributed by atoms with Crippen LogP contribution in [-0.2, 0) is 6.18 Å². The predicted molar refractivity (Wildman–Crippen MR) is 61.6 cm³/mol. The van der Waals surface area contributed by atoms with Crippen LogP contribution in [0.25, 0.3) is 11.3 Å². The molecule has 1 heterocycles. The summed E-state index contributed by atoms with van der Waals surface area (Å²) >= 11 is 0. The van der Waals surface area contributed by atoms with Crippen molar-refractivity contribution < 1.29 is 27.5 Å². The number of benzene rings is 1. The molecule has 0 aliphatic heterocycles. The average Bonchev–Trinajstić information content (AvgIpc) is 2.37. The van der Waals surface area contributed by atoms with Gasteiger partial charge < -0.3 is 5.11 Å². The fourth-order valence-electron chi connectivity index (χ4n) is 1.65. The van der Waals surface area contributed by atoms with Gasteiger partial charge in [0.25, 0.3) is 0 Å². The van der Waals surface area contributed by atoms with E-state index in [0.717, 1.165) is 12.1 Å². The standard InChI is InChI=1S/C13H7F4NO2/c14-9-3-1-2-7(4-9)11-10(12(19)20)5-8(6-18-11)13(15,16)17/h1-6H,(H,19,20). The predicted octanol–water partition coefficient (Wildman–Crippen LogP) is 3.60. The number of pyridine rings is 1. The van der Waals surface area contributed by atoms with Crippen LogP contribution in [-0.4, -0.2) is 16.1 Å². The van der Waals surface area contributed by atoms with E-state index in [1.165, 1.54) is 12.1 Å². The molecule has 0 saturated carbocycles. The highest BCUT2D eigenvalue weighted by atomic mass is 19.4. The molecule has 7 heteroatoms. The van der Waals surface area contributed by atoms with Gasteiger partial charge in [0.05, 0.1) is 16.8 Å². The van der Waals surface area contributed by atoms with Crippen molar-refractivity contribution in [1.29, 1.82) is 0 Å². The van der Waals surface area contributed by atoms with Gasteiger partial charge in [0, 0.05) is 11.8 Å². The fourth-order valence-corrected chi connectivity index (χ4v) is 1.65. The summed E-state index contributed by atoms with van der Waals surface area (Å²) in [5, 5.41) is 8.99. The van der Waals surface area contributed by atoms with Crippen LogP contribution in [0.4, 0.5) is 17.6 Å². The Labute approximate surface area is 110 Å². The highest BCUT2D eigenvalue weighted by Crippen LogP contribution is 2.32. The SMILES string of the molecule is O=C(O)c1cc(C(F)(F)F)cnc1-c1cccc(F)c1. The number of nitrogens with zero attached hydrogens (tertiary/aromatic N) is 1. The number of hydrogen-bond acceptors (Lipinski definition) is 2. The maximum Gasteiger partial charge on any atom is 0.417 e. The largest absolute Gasteiger partial charge is 0.478 e. The van der Waals surface area contributed by atoms with Crippen LogP contribution in [0.15, 0.2) is 36.5 Å². The highest BCUT2D eigenvalue weighted by Gasteiger charge is 2.32. The van der Waals surface area contributed by atoms with Crippen LogP contribution < -0.4 is 0 Å². The van der Waals surface area contributed by atoms with Crippen molar-refractivity contribution in [2.45, 2.75) is 6.18 Å². The van der Waals surface area contributed by atoms with E-state index in [0.29, 0.717) is 12.3 Å². The number of carboxylic acid groups (broad SMARTS) is 1. The van der Waals surface area contributed by atoms with Gasteiger partial charge in [-0.1, -0.05) is 12.1 Å². The number of rotatable bonds is 2. The average molecular weight is 285 g/mol. The lowest BCUT2D eigenvalue weighted by Crippen LogP contribution is -2.10. The lowest BCUT2D eigenvalue weighted by molar-refractivity contribution is -0.137. The lowest BCUT2D eigenvalue weighted by atomic mass is 10.0. The smallest absolute Gasteiger partial charge is 0.417 e. The lowest BCUT2D eigenvalue weighted by Gasteiger charge is -2.10. The first-order chi connectivity index (χ1) is 9.29. The van der Waals surface area contributed by atoms with Gasteiger partial charge in [-0.2, -0.15) is 13.2 Å². The molecule has 0 aliphatic rings. The minimum Gasteiger partial charge on any atom is -0.478 e. The van der Waals surface area contributed by atoms with E-state index >= 15 is 0 Å². The van der Waals surface area contributed by atoms with Gasteiger partial charge in [-0.15, -0.1) is 0 Å². The number of hydrogen-bond donors (Lipinski definition) is 1. The van der Waals surface area contributed by atoms with Gasteiger partial charge in [0.1, 0.15) is 5.82 Å². The van der Waals surface area contributed by atoms with Crippen molar-refractivity contribution in [2.75, 3.05) is 0 Å². The Morgan fingerprint density at radius 3 is 2.45 bits per heavy atom. The van der Waals surface area contributed by atoms with Crippen molar-refractivity contribution in [3.05, 3.63) is 53.5 Å². The van der Waals surface area contributed by atoms with Crippen LogP contribution in [0, 0.1) is 5.82 Å². The fraction of sp³-hybridized carbons (Fsp3) is 0.0769. The van der Waals surface area contributed by atoms with Crippen molar-refractivity contribution in [1.82, 2.24) is 4.98 Å². The molecule has 0 spiro atoms. The van der Waals surface area contributed by atoms with Crippen molar-refractivity contribution in [2.24, 2.45) is 0 Å². The maximum atomic E-state index is 13.1. The second kappa shape index (κ2) is 4.92. The molecule has 0 radical (unpaired) electrons. The van der Waals surface area contributed by atoms with Gasteiger partial charge in [-0.3, -0.25) is 4.98 Å². The Kier molecular flexibility index (Phi) is 3.44. The molecule has 0 unspecified atom stereocenters. The zero-order valence-corrected chi connectivity index (χ0v) is 9.78. The summed E-state index contributed by atoms with van der Waals surface area (Å²) in [5.41, 5.74) is -1.93. The van der Waals surface area contributed by atoms with Crippen molar-refractivity contribution >= 4 is 5.97 Å². The second-order valence-electron chi connectivity index (χ2n) is 3.93. The van der Waals surface area contributed by atoms with Crippen LogP contribution in [0.3, 0.4) is 0 Å². The van der Waals surface area contributed by atoms with Gasteiger partial charge in [0.15, 0.2) is 0 Å². The third kappa shape index (κ3) is 2.76. The first-order valence-corrected chi connectivity index (χ1v) is 5.35. The van der Waals surface area contributed by atoms with Crippen molar-refractivity contribution in [3.8, 4) is 11.3 Å². The third-order valence-electron chi connectivity index (χ3n) is 2.54. The quantitative estimate of drug-likeness (QED) is 0.858. The molecule has 0 aliphatic carbocycles. The number of aromatic carboxylic acids is 1. The summed E-state index contributed by atoms with van der Waals surface area (Å²) in [6.45, 7) is 0. The van der Waals surface area contributed by atoms with E-state index in [-0.39, 0.29) is 11.3 Å². The number of halogens is 4. The molecule has 1 aromatic carbocycles. The highest BCUT2D eigenvalue weighted by molar-refractivity contribution is 5.94. The van der Waals surface area contributed by atoms with E-state index < -0.39 is 29.1 Å². The molecule has 1 aromatic heterocycles. The zero-order chi connectivity index (χ0) is 14.9. The van der Waals surface area contributed by atoms with Gasteiger partial charge in [-0.05, 0) is 18.2 Å². The topological polar surface area (TPSA) is 50.2 Å². The van der Waals surface area contributed by atoms with E-state index in [2.05, 4.69) is 4.98 Å². The molecule has 0 fully saturated rings. The Morgan fingerprint density at radius 2 is 1.90 bits per heavy atom. The van der Waals surface area contributed by atoms with Gasteiger partial charge >= 0.3 is 12.1 Å². The summed E-state index contributed by atoms with van der Waals surface area (Å²) in [5.74, 6) is -2.21. The summed E-state index contributed by atoms with van der Waals surface area (Å²) in [7, 11) is 0. The minimum absolute atomic E-state index is 0.0936. The summed E-state index contributed by atoms with van der Waals surface area (Å²) in [6.07, 6.45) is -4.18. The molecule has 104 valence electrons. The molecule has 20 heavy (non-hydrogen) atoms. The summed E-state index contributed by atoms with van der Waals surface area (Å²) in [4.78, 5) is 14.6. The van der Waals surface area contributed by atoms with E-state index in [1.54, 1.807) is 0 Å². The Hall–Kier alpha value is -2.44. The van der Waals surface area contributed by atoms with E-state index in [1.807, 2.05) is 0 Å². The molecule has 2 rings (SSSR count). The monoisotopic (exact) mass is 285 g/mol. The van der Waals surface area contributed by atoms with Gasteiger partial charge in [0.2, 0.25) is 0 Å². The number of carboxylic acids is 1. The summed E-state index contributed by atoms with van der Waals surface area (Å²) in [6, 6.07) is 5.30. The van der Waals surface area contributed by atoms with Crippen LogP contribution >= 0.6 is 0 Å². The van der Waals surface area contributed by atoms with E-state index in [4.69, 9.17) is 5.11 Å². The molecule has 2 aromatic rings. The number of carbonyl (C=O) groups is 1. The normalized spacial score (nSPS) is 11.4. The van der Waals surface area contributed by atoms with Crippen LogP contribution in [0.2, 0.25) is 0 Å². The maximum absolute atomic E-state index is 13.1. The molecule has 0 amide bonds. The Bertz CT molecular complexity index is 668. The zero-order valence-electron chi connectivity index (χ0n) is 9.78. The van der Waals surface area contributed by atoms with Crippen molar-refractivity contribution in [3.63, 3.8) is 0 Å². The first-order valence-electron chi connectivity index (χ1n) is 5.35. The third-order valence-corrected chi connectivity index (χ3v) is 2.54. The molecule has 0 atom stereocenters. The number of alkyl halides is 3. The minimum atomic E-state index is -4.70. The summed E-state index contributed by atoms with van der Waals surface area (Å²) < 4.78 is 50.7. The molecular formula is C13H7F4NO2. The Morgan fingerprint density at radius 1 is 1.20 bits per heavy atom. The molecule has 1 N–H and O–H groups in total. The number of aromatic nitrogens is 1. The van der Waals surface area contributed by atoms with Crippen LogP contribution in [0.1, 0.15) is 15.9 Å². The molecule has 3 nitrogen and oxygen atoms in total. The second-order valence-corrected chi connectivity index (χ2v) is 3.93. The first kappa shape index (κ1) is 14.0. The van der Waals surface area contributed by atoms with Crippen LogP contribution in [0.5, 0.6) is 0 Å². The Balaban J connectivity index is 2.62. The van der Waals surface area contributed by atoms with E-state index in [9.17, 15) is 22.4 Å². The molecular weight excluding hydrogens is 278 g/mol.